The molecule has 0 saturated heterocycles. The van der Waals surface area contributed by atoms with Gasteiger partial charge in [0.15, 0.2) is 34.7 Å². The van der Waals surface area contributed by atoms with Crippen molar-refractivity contribution in [2.75, 3.05) is 44.4 Å². The van der Waals surface area contributed by atoms with Crippen molar-refractivity contribution in [1.82, 2.24) is 42.1 Å². The highest BCUT2D eigenvalue weighted by molar-refractivity contribution is 8.00. The number of carbonyl (C=O) groups is 20. The highest BCUT2D eigenvalue weighted by Gasteiger charge is 2.42. The zero-order chi connectivity index (χ0) is 101. The zero-order valence-corrected chi connectivity index (χ0v) is 78.8. The molecule has 136 heavy (non-hydrogen) atoms. The fourth-order valence-electron chi connectivity index (χ4n) is 15.6. The molecular weight excluding hydrogens is 1790 g/mol. The summed E-state index contributed by atoms with van der Waals surface area (Å²) >= 11 is 0.931. The molecule has 0 spiro atoms. The van der Waals surface area contributed by atoms with Crippen LogP contribution in [0.5, 0.6) is 11.5 Å². The van der Waals surface area contributed by atoms with Gasteiger partial charge in [-0.25, -0.2) is 0 Å². The number of phenols is 2. The summed E-state index contributed by atoms with van der Waals surface area (Å²) < 4.78 is 0. The van der Waals surface area contributed by atoms with E-state index in [1.54, 1.807) is 90.1 Å². The normalized spacial score (nSPS) is 15.4. The first-order valence-corrected chi connectivity index (χ1v) is 46.8. The summed E-state index contributed by atoms with van der Waals surface area (Å²) in [4.78, 5) is 275. The number of aliphatic carboxylic acids is 3. The van der Waals surface area contributed by atoms with Crippen molar-refractivity contribution in [2.45, 2.75) is 239 Å². The van der Waals surface area contributed by atoms with Crippen molar-refractivity contribution < 1.29 is 142 Å². The third-order valence-electron chi connectivity index (χ3n) is 23.7. The van der Waals surface area contributed by atoms with Crippen molar-refractivity contribution >= 4 is 129 Å². The van der Waals surface area contributed by atoms with Crippen molar-refractivity contribution in [2.24, 2.45) is 59.0 Å². The van der Waals surface area contributed by atoms with Gasteiger partial charge in [0.2, 0.25) is 41.4 Å². The predicted octanol–water partition coefficient (Wildman–Crippen LogP) is 3.67. The van der Waals surface area contributed by atoms with E-state index < -0.39 is 298 Å². The van der Waals surface area contributed by atoms with E-state index >= 15 is 0 Å². The van der Waals surface area contributed by atoms with Gasteiger partial charge in [-0.2, -0.15) is 0 Å². The second-order valence-electron chi connectivity index (χ2n) is 35.5. The number of thioether (sulfide) groups is 1. The van der Waals surface area contributed by atoms with Crippen LogP contribution in [0.1, 0.15) is 207 Å². The first-order valence-electron chi connectivity index (χ1n) is 45.6. The van der Waals surface area contributed by atoms with E-state index in [0.29, 0.717) is 36.9 Å². The summed E-state index contributed by atoms with van der Waals surface area (Å²) in [6.07, 6.45) is -10.2. The van der Waals surface area contributed by atoms with Gasteiger partial charge in [0, 0.05) is 82.2 Å². The number of phenolic OH excluding ortho intramolecular Hbond substituents is 2. The lowest BCUT2D eigenvalue weighted by atomic mass is 9.85. The number of ketones is 8. The second kappa shape index (κ2) is 57.7. The summed E-state index contributed by atoms with van der Waals surface area (Å²) in [6.45, 7) is 9.87. The van der Waals surface area contributed by atoms with Crippen LogP contribution in [-0.4, -0.2) is 261 Å². The van der Waals surface area contributed by atoms with Crippen molar-refractivity contribution in [1.29, 1.82) is 0 Å². The summed E-state index contributed by atoms with van der Waals surface area (Å²) in [5, 5.41) is 111. The van der Waals surface area contributed by atoms with Gasteiger partial charge in [-0.05, 0) is 151 Å². The third kappa shape index (κ3) is 38.9. The fraction of sp³-hybridized carbons (Fsp3) is 0.546. The zero-order valence-electron chi connectivity index (χ0n) is 78.0. The lowest BCUT2D eigenvalue weighted by Crippen LogP contribution is -2.52. The molecule has 4 aromatic carbocycles. The van der Waals surface area contributed by atoms with Crippen LogP contribution in [0.15, 0.2) is 97.1 Å². The van der Waals surface area contributed by atoms with Crippen LogP contribution >= 0.6 is 11.8 Å². The number of carboxylic acids is 3. The number of aromatic hydroxyl groups is 2. The molecule has 0 aliphatic carbocycles. The molecule has 1 aliphatic heterocycles. The molecule has 0 aromatic heterocycles. The molecule has 39 heteroatoms. The van der Waals surface area contributed by atoms with Crippen LogP contribution in [0.25, 0.3) is 0 Å². The standard InChI is InChI=1S/C97H131N9O29S/c1-9-55(5)88(84(120)42-63(36-60-21-26-67(111)27-22-60)91(129)101-76(34-53(2)3)80(116)40-64(44-86(123)124)90(128)100-56(6)16-13-14-32-98)105-93(131)66(49-107)43-81(117)77(38-61-23-28-68(112)29-24-61)102-92(130)65(45-87(125)126)41-82(118)79(50-108)104-95(133)74(58(8)110)47-83(119)78(37-59-17-11-10-12-18-59)103-94(132)73(57(7)109)46-70(114)48-99-89(127)62(25-31-85(121)122)39-71(115)52-136-51-69(113)19-15-33-106-96(134)72-30-20-54(4)35-75(72)97(106)135/h10-12,17-18,20-24,26-30,35,53,55-58,62-66,73-74,76-79,88,107-112H,9,13-16,19,25,31-34,36-52,98H2,1-8H3,(H,99,127)(H,100,128)(H,101,129)(H,102,130)(H,103,132)(H,104,133)(H,105,131)(H,121,122)(H,123,124)(H,125,126)/t55-,56+,57+,58+,62+,63+,64-,65-,66-,73-,74-,76-,77-,78-,79-,88-/m0/s1. The summed E-state index contributed by atoms with van der Waals surface area (Å²) in [5.41, 5.74) is 8.09. The number of carbonyl (C=O) groups excluding carboxylic acids is 17. The first kappa shape index (κ1) is 114. The largest absolute Gasteiger partial charge is 0.508 e. The molecule has 0 fully saturated rings. The molecule has 4 aromatic rings. The van der Waals surface area contributed by atoms with Gasteiger partial charge in [-0.3, -0.25) is 101 Å². The number of nitrogens with one attached hydrogen (secondary N) is 7. The molecule has 9 amide bonds. The summed E-state index contributed by atoms with van der Waals surface area (Å²) in [5.74, 6) is -31.3. The molecule has 0 bridgehead atoms. The Kier molecular flexibility index (Phi) is 48.5. The van der Waals surface area contributed by atoms with Gasteiger partial charge in [0.25, 0.3) is 11.8 Å². The molecule has 18 N–H and O–H groups in total. The Morgan fingerprint density at radius 3 is 1.44 bits per heavy atom. The van der Waals surface area contributed by atoms with Crippen LogP contribution in [0.3, 0.4) is 0 Å². The number of fused-ring (bicyclic) bond motifs is 1. The van der Waals surface area contributed by atoms with Crippen LogP contribution in [0.4, 0.5) is 0 Å². The SMILES string of the molecule is CC[C@H](C)[C@H](NC(=O)[C@H](CO)CC(=O)[C@H](Cc1ccc(O)cc1)NC(=O)[C@H](CC(=O)O)CC(=O)[C@H](CO)NC(=O)[C@@H](CC(=O)[C@H](Cc1ccccc1)NC(=O)[C@@H](CC(=O)CNC(=O)[C@H](CCC(=O)O)CC(=O)CSCC(=O)CCCN1C(=O)c2ccc(C)cc2C1=O)[C@@H](C)O)[C@@H](C)O)C(=O)C[C@@H](Cc1ccc(O)cc1)C(=O)N[C@@H](CC(C)C)C(=O)C[C@@H](CC(=O)O)C(=O)N[C@H](C)CCCCN. The molecule has 16 atom stereocenters. The number of nitrogens with two attached hydrogens (primary N) is 1. The Hall–Kier alpha value is -12.2. The predicted molar refractivity (Wildman–Crippen MR) is 495 cm³/mol. The number of carboxylic acid groups (broad SMARTS) is 3. The molecule has 1 aliphatic rings. The number of amides is 9. The minimum absolute atomic E-state index is 0.0161. The maximum Gasteiger partial charge on any atom is 0.304 e. The van der Waals surface area contributed by atoms with E-state index in [-0.39, 0.29) is 103 Å². The fourth-order valence-corrected chi connectivity index (χ4v) is 16.4. The first-order chi connectivity index (χ1) is 64.3. The highest BCUT2D eigenvalue weighted by Crippen LogP contribution is 2.29. The van der Waals surface area contributed by atoms with E-state index in [1.807, 2.05) is 0 Å². The average molecular weight is 1920 g/mol. The maximum atomic E-state index is 14.9. The third-order valence-corrected chi connectivity index (χ3v) is 24.7. The van der Waals surface area contributed by atoms with E-state index in [1.165, 1.54) is 48.5 Å². The number of aliphatic hydroxyl groups is 4. The second-order valence-corrected chi connectivity index (χ2v) is 36.5. The molecule has 0 saturated carbocycles. The lowest BCUT2D eigenvalue weighted by Gasteiger charge is -2.28. The van der Waals surface area contributed by atoms with Crippen molar-refractivity contribution in [3.63, 3.8) is 0 Å². The van der Waals surface area contributed by atoms with Crippen LogP contribution in [0, 0.1) is 60.2 Å². The number of benzene rings is 4. The minimum Gasteiger partial charge on any atom is -0.508 e. The van der Waals surface area contributed by atoms with E-state index in [2.05, 4.69) is 37.2 Å². The Balaban J connectivity index is 1.28. The Labute approximate surface area is 793 Å². The topological polar surface area (TPSA) is 637 Å². The number of imide groups is 1. The number of hydrogen-bond donors (Lipinski definition) is 17. The number of unbranched alkanes of at least 4 members (excludes halogenated alkanes) is 1. The number of aliphatic hydroxyl groups excluding tert-OH is 4. The van der Waals surface area contributed by atoms with Crippen LogP contribution < -0.4 is 43.0 Å². The smallest absolute Gasteiger partial charge is 0.304 e. The summed E-state index contributed by atoms with van der Waals surface area (Å²) in [7, 11) is 0. The van der Waals surface area contributed by atoms with E-state index in [0.717, 1.165) is 36.1 Å². The molecule has 0 radical (unpaired) electrons. The molecule has 744 valence electrons. The Morgan fingerprint density at radius 1 is 0.426 bits per heavy atom. The molecular formula is C97H131N9O29S. The van der Waals surface area contributed by atoms with E-state index in [4.69, 9.17) is 5.73 Å². The molecule has 38 nitrogen and oxygen atoms in total. The monoisotopic (exact) mass is 1920 g/mol. The van der Waals surface area contributed by atoms with Crippen LogP contribution in [0.2, 0.25) is 0 Å². The highest BCUT2D eigenvalue weighted by atomic mass is 32.2. The number of nitrogens with zero attached hydrogens (tertiary/aromatic N) is 1. The van der Waals surface area contributed by atoms with Crippen molar-refractivity contribution in [3.05, 3.63) is 130 Å². The number of rotatable bonds is 67. The number of Topliss-reactive ketones (excluding diaryl/α,β-unsaturated/α-hetero) is 8. The maximum absolute atomic E-state index is 14.9. The lowest BCUT2D eigenvalue weighted by molar-refractivity contribution is -0.143. The Morgan fingerprint density at radius 2 is 0.904 bits per heavy atom. The van der Waals surface area contributed by atoms with E-state index in [9.17, 15) is 142 Å². The Bertz CT molecular complexity index is 4830. The number of aryl methyl sites for hydroxylation is 1. The average Bonchev–Trinajstić information content (AvgIpc) is 1.63. The van der Waals surface area contributed by atoms with Gasteiger partial charge in [-0.1, -0.05) is 107 Å². The quantitative estimate of drug-likeness (QED) is 0.0221. The summed E-state index contributed by atoms with van der Waals surface area (Å²) in [6, 6.07) is 15.2. The molecule has 1 heterocycles. The van der Waals surface area contributed by atoms with Gasteiger partial charge in [0.1, 0.15) is 29.1 Å². The minimum atomic E-state index is -2.00. The van der Waals surface area contributed by atoms with Crippen molar-refractivity contribution in [3.8, 4) is 11.5 Å². The van der Waals surface area contributed by atoms with Gasteiger partial charge < -0.3 is 88.9 Å². The number of hydrogen-bond acceptors (Lipinski definition) is 28. The molecule has 5 rings (SSSR count). The van der Waals surface area contributed by atoms with Gasteiger partial charge >= 0.3 is 17.9 Å². The van der Waals surface area contributed by atoms with Gasteiger partial charge in [-0.15, -0.1) is 11.8 Å². The van der Waals surface area contributed by atoms with Crippen LogP contribution in [-0.2, 0) is 106 Å². The molecule has 0 unspecified atom stereocenters. The van der Waals surface area contributed by atoms with Gasteiger partial charge in [0.05, 0.1) is 121 Å².